The van der Waals surface area contributed by atoms with Gasteiger partial charge in [0.25, 0.3) is 5.69 Å². The van der Waals surface area contributed by atoms with Gasteiger partial charge in [-0.1, -0.05) is 5.16 Å². The van der Waals surface area contributed by atoms with Gasteiger partial charge in [0.15, 0.2) is 0 Å². The minimum absolute atomic E-state index is 0.0934. The average Bonchev–Trinajstić information content (AvgIpc) is 3.01. The van der Waals surface area contributed by atoms with Crippen LogP contribution in [0.5, 0.6) is 5.75 Å². The van der Waals surface area contributed by atoms with E-state index in [0.717, 1.165) is 49.7 Å². The predicted molar refractivity (Wildman–Crippen MR) is 91.4 cm³/mol. The maximum atomic E-state index is 11.0. The third-order valence-corrected chi connectivity index (χ3v) is 4.40. The van der Waals surface area contributed by atoms with Crippen LogP contribution < -0.4 is 4.74 Å². The van der Waals surface area contributed by atoms with Crippen LogP contribution in [0.25, 0.3) is 0 Å². The van der Waals surface area contributed by atoms with E-state index in [1.807, 2.05) is 13.0 Å². The van der Waals surface area contributed by atoms with Crippen LogP contribution in [0.15, 0.2) is 28.8 Å². The van der Waals surface area contributed by atoms with Gasteiger partial charge in [0.1, 0.15) is 11.5 Å². The molecule has 1 aromatic heterocycles. The Kier molecular flexibility index (Phi) is 5.30. The minimum Gasteiger partial charge on any atom is -0.496 e. The van der Waals surface area contributed by atoms with Gasteiger partial charge in [-0.25, -0.2) is 0 Å². The van der Waals surface area contributed by atoms with E-state index in [1.165, 1.54) is 6.07 Å². The number of benzene rings is 1. The Morgan fingerprint density at radius 1 is 1.20 bits per heavy atom. The van der Waals surface area contributed by atoms with E-state index < -0.39 is 0 Å². The molecule has 2 heterocycles. The van der Waals surface area contributed by atoms with E-state index in [2.05, 4.69) is 15.0 Å². The second-order valence-corrected chi connectivity index (χ2v) is 6.23. The highest BCUT2D eigenvalue weighted by Gasteiger charge is 2.20. The van der Waals surface area contributed by atoms with Crippen molar-refractivity contribution in [3.05, 3.63) is 51.4 Å². The van der Waals surface area contributed by atoms with Crippen LogP contribution in [-0.4, -0.2) is 53.2 Å². The number of aromatic nitrogens is 1. The SMILES string of the molecule is COc1ccc([N+](=O)[O-])cc1CN1CCN(Cc2cc(C)on2)CC1. The summed E-state index contributed by atoms with van der Waals surface area (Å²) in [5, 5.41) is 15.0. The normalized spacial score (nSPS) is 16.1. The molecule has 3 rings (SSSR count). The van der Waals surface area contributed by atoms with Crippen molar-refractivity contribution in [2.75, 3.05) is 33.3 Å². The zero-order chi connectivity index (χ0) is 17.8. The summed E-state index contributed by atoms with van der Waals surface area (Å²) in [4.78, 5) is 15.2. The average molecular weight is 346 g/mol. The number of nitro benzene ring substituents is 1. The molecule has 1 aromatic carbocycles. The number of hydrogen-bond acceptors (Lipinski definition) is 7. The minimum atomic E-state index is -0.374. The summed E-state index contributed by atoms with van der Waals surface area (Å²) in [5.74, 6) is 1.51. The fourth-order valence-corrected chi connectivity index (χ4v) is 3.07. The van der Waals surface area contributed by atoms with Crippen LogP contribution >= 0.6 is 0 Å². The van der Waals surface area contributed by atoms with Crippen molar-refractivity contribution in [2.24, 2.45) is 0 Å². The van der Waals surface area contributed by atoms with Gasteiger partial charge < -0.3 is 9.26 Å². The van der Waals surface area contributed by atoms with Crippen LogP contribution in [0.4, 0.5) is 5.69 Å². The Labute approximate surface area is 146 Å². The molecule has 1 saturated heterocycles. The summed E-state index contributed by atoms with van der Waals surface area (Å²) < 4.78 is 10.5. The van der Waals surface area contributed by atoms with Gasteiger partial charge in [0.2, 0.25) is 0 Å². The molecule has 1 fully saturated rings. The number of nitro groups is 1. The molecule has 0 unspecified atom stereocenters. The highest BCUT2D eigenvalue weighted by atomic mass is 16.6. The number of aryl methyl sites for hydroxylation is 1. The monoisotopic (exact) mass is 346 g/mol. The fourth-order valence-electron chi connectivity index (χ4n) is 3.07. The van der Waals surface area contributed by atoms with Crippen molar-refractivity contribution in [1.82, 2.24) is 15.0 Å². The number of non-ortho nitro benzene ring substituents is 1. The number of methoxy groups -OCH3 is 1. The largest absolute Gasteiger partial charge is 0.496 e. The summed E-state index contributed by atoms with van der Waals surface area (Å²) in [6.07, 6.45) is 0. The van der Waals surface area contributed by atoms with E-state index in [1.54, 1.807) is 19.2 Å². The van der Waals surface area contributed by atoms with E-state index in [4.69, 9.17) is 9.26 Å². The first-order valence-corrected chi connectivity index (χ1v) is 8.23. The summed E-state index contributed by atoms with van der Waals surface area (Å²) in [6, 6.07) is 6.69. The molecule has 0 saturated carbocycles. The maximum absolute atomic E-state index is 11.0. The molecule has 0 amide bonds. The molecule has 25 heavy (non-hydrogen) atoms. The van der Waals surface area contributed by atoms with Crippen LogP contribution in [-0.2, 0) is 13.1 Å². The van der Waals surface area contributed by atoms with Gasteiger partial charge in [-0.05, 0) is 13.0 Å². The lowest BCUT2D eigenvalue weighted by Gasteiger charge is -2.34. The Morgan fingerprint density at radius 2 is 1.88 bits per heavy atom. The number of nitrogens with zero attached hydrogens (tertiary/aromatic N) is 4. The molecule has 1 aliphatic rings. The summed E-state index contributed by atoms with van der Waals surface area (Å²) in [6.45, 7) is 6.94. The second-order valence-electron chi connectivity index (χ2n) is 6.23. The van der Waals surface area contributed by atoms with Crippen molar-refractivity contribution >= 4 is 5.69 Å². The predicted octanol–water partition coefficient (Wildman–Crippen LogP) is 2.22. The molecule has 0 radical (unpaired) electrons. The maximum Gasteiger partial charge on any atom is 0.270 e. The standard InChI is InChI=1S/C17H22N4O4/c1-13-9-15(18-25-13)12-20-7-5-19(6-8-20)11-14-10-16(21(22)23)3-4-17(14)24-2/h3-4,9-10H,5-8,11-12H2,1-2H3. The number of piperazine rings is 1. The smallest absolute Gasteiger partial charge is 0.270 e. The van der Waals surface area contributed by atoms with E-state index in [-0.39, 0.29) is 10.6 Å². The van der Waals surface area contributed by atoms with E-state index in [0.29, 0.717) is 12.3 Å². The quantitative estimate of drug-likeness (QED) is 0.585. The fraction of sp³-hybridized carbons (Fsp3) is 0.471. The molecule has 0 N–H and O–H groups in total. The molecule has 0 bridgehead atoms. The summed E-state index contributed by atoms with van der Waals surface area (Å²) in [7, 11) is 1.59. The third-order valence-electron chi connectivity index (χ3n) is 4.40. The molecule has 8 heteroatoms. The first-order valence-electron chi connectivity index (χ1n) is 8.23. The van der Waals surface area contributed by atoms with Gasteiger partial charge in [0, 0.05) is 63.0 Å². The first kappa shape index (κ1) is 17.4. The lowest BCUT2D eigenvalue weighted by Crippen LogP contribution is -2.45. The zero-order valence-electron chi connectivity index (χ0n) is 14.5. The second kappa shape index (κ2) is 7.62. The van der Waals surface area contributed by atoms with Gasteiger partial charge in [-0.3, -0.25) is 19.9 Å². The molecule has 8 nitrogen and oxygen atoms in total. The highest BCUT2D eigenvalue weighted by molar-refractivity contribution is 5.43. The van der Waals surface area contributed by atoms with Gasteiger partial charge in [-0.15, -0.1) is 0 Å². The van der Waals surface area contributed by atoms with E-state index in [9.17, 15) is 10.1 Å². The molecule has 0 atom stereocenters. The molecule has 0 spiro atoms. The number of ether oxygens (including phenoxy) is 1. The highest BCUT2D eigenvalue weighted by Crippen LogP contribution is 2.25. The van der Waals surface area contributed by atoms with E-state index >= 15 is 0 Å². The number of rotatable bonds is 6. The van der Waals surface area contributed by atoms with Crippen LogP contribution in [0.1, 0.15) is 17.0 Å². The van der Waals surface area contributed by atoms with Gasteiger partial charge >= 0.3 is 0 Å². The van der Waals surface area contributed by atoms with Crippen LogP contribution in [0, 0.1) is 17.0 Å². The molecular formula is C17H22N4O4. The van der Waals surface area contributed by atoms with Gasteiger partial charge in [-0.2, -0.15) is 0 Å². The van der Waals surface area contributed by atoms with Crippen LogP contribution in [0.3, 0.4) is 0 Å². The molecule has 2 aromatic rings. The Morgan fingerprint density at radius 3 is 2.44 bits per heavy atom. The third kappa shape index (κ3) is 4.34. The first-order chi connectivity index (χ1) is 12.0. The lowest BCUT2D eigenvalue weighted by atomic mass is 10.1. The van der Waals surface area contributed by atoms with Crippen molar-refractivity contribution in [1.29, 1.82) is 0 Å². The van der Waals surface area contributed by atoms with Gasteiger partial charge in [0.05, 0.1) is 17.7 Å². The summed E-state index contributed by atoms with van der Waals surface area (Å²) >= 11 is 0. The van der Waals surface area contributed by atoms with Crippen LogP contribution in [0.2, 0.25) is 0 Å². The lowest BCUT2D eigenvalue weighted by molar-refractivity contribution is -0.385. The molecule has 1 aliphatic heterocycles. The zero-order valence-corrected chi connectivity index (χ0v) is 14.5. The number of hydrogen-bond donors (Lipinski definition) is 0. The topological polar surface area (TPSA) is 84.9 Å². The molecule has 134 valence electrons. The molecule has 0 aliphatic carbocycles. The molecular weight excluding hydrogens is 324 g/mol. The van der Waals surface area contributed by atoms with Crippen molar-refractivity contribution < 1.29 is 14.2 Å². The van der Waals surface area contributed by atoms with Crippen molar-refractivity contribution in [2.45, 2.75) is 20.0 Å². The Hall–Kier alpha value is -2.45. The Bertz CT molecular complexity index is 738. The summed E-state index contributed by atoms with van der Waals surface area (Å²) in [5.41, 5.74) is 1.89. The van der Waals surface area contributed by atoms with Crippen molar-refractivity contribution in [3.63, 3.8) is 0 Å². The Balaban J connectivity index is 1.58. The van der Waals surface area contributed by atoms with Crippen molar-refractivity contribution in [3.8, 4) is 5.75 Å².